The summed E-state index contributed by atoms with van der Waals surface area (Å²) < 4.78 is 0. The molecule has 2 N–H and O–H groups in total. The number of carbonyl (C=O) groups is 3. The Hall–Kier alpha value is -2.67. The average molecular weight is 371 g/mol. The summed E-state index contributed by atoms with van der Waals surface area (Å²) in [6.45, 7) is 2.92. The van der Waals surface area contributed by atoms with Gasteiger partial charge in [-0.2, -0.15) is 0 Å². The van der Waals surface area contributed by atoms with Crippen molar-refractivity contribution < 1.29 is 14.4 Å². The molecule has 0 bridgehead atoms. The van der Waals surface area contributed by atoms with Crippen molar-refractivity contribution in [1.82, 2.24) is 10.2 Å². The van der Waals surface area contributed by atoms with Crippen molar-refractivity contribution >= 4 is 34.7 Å². The van der Waals surface area contributed by atoms with E-state index in [2.05, 4.69) is 10.6 Å². The number of amides is 3. The van der Waals surface area contributed by atoms with Gasteiger partial charge in [-0.15, -0.1) is 11.3 Å². The molecule has 3 amide bonds. The molecule has 1 aliphatic heterocycles. The van der Waals surface area contributed by atoms with Gasteiger partial charge >= 0.3 is 0 Å². The first-order valence-electron chi connectivity index (χ1n) is 8.54. The second-order valence-electron chi connectivity index (χ2n) is 6.26. The Morgan fingerprint density at radius 2 is 1.73 bits per heavy atom. The molecule has 0 unspecified atom stereocenters. The van der Waals surface area contributed by atoms with Gasteiger partial charge < -0.3 is 15.5 Å². The molecule has 0 radical (unpaired) electrons. The van der Waals surface area contributed by atoms with Crippen molar-refractivity contribution in [2.75, 3.05) is 18.4 Å². The predicted octanol–water partition coefficient (Wildman–Crippen LogP) is 2.74. The number of hydrogen-bond acceptors (Lipinski definition) is 4. The standard InChI is InChI=1S/C19H21N3O3S/c1-13(23)22-10-8-16(9-11-22)20-18(24)14-4-6-15(7-5-14)21-19(25)17-3-2-12-26-17/h2-7,12,16H,8-11H2,1H3,(H,20,24)(H,21,25). The lowest BCUT2D eigenvalue weighted by atomic mass is 10.0. The largest absolute Gasteiger partial charge is 0.349 e. The van der Waals surface area contributed by atoms with Gasteiger partial charge in [0.25, 0.3) is 11.8 Å². The van der Waals surface area contributed by atoms with Gasteiger partial charge in [0.2, 0.25) is 5.91 Å². The van der Waals surface area contributed by atoms with Crippen LogP contribution in [0.15, 0.2) is 41.8 Å². The van der Waals surface area contributed by atoms with Crippen LogP contribution in [0, 0.1) is 0 Å². The Kier molecular flexibility index (Phi) is 5.68. The van der Waals surface area contributed by atoms with Crippen LogP contribution in [0.3, 0.4) is 0 Å². The van der Waals surface area contributed by atoms with Crippen LogP contribution in [0.25, 0.3) is 0 Å². The van der Waals surface area contributed by atoms with E-state index in [-0.39, 0.29) is 23.8 Å². The Bertz CT molecular complexity index is 779. The first-order chi connectivity index (χ1) is 12.5. The number of nitrogens with zero attached hydrogens (tertiary/aromatic N) is 1. The van der Waals surface area contributed by atoms with Crippen molar-refractivity contribution in [3.63, 3.8) is 0 Å². The SMILES string of the molecule is CC(=O)N1CCC(NC(=O)c2ccc(NC(=O)c3cccs3)cc2)CC1. The summed E-state index contributed by atoms with van der Waals surface area (Å²) in [6, 6.07) is 10.5. The molecular formula is C19H21N3O3S. The zero-order valence-electron chi connectivity index (χ0n) is 14.5. The molecule has 0 saturated carbocycles. The highest BCUT2D eigenvalue weighted by Crippen LogP contribution is 2.15. The van der Waals surface area contributed by atoms with E-state index in [0.717, 1.165) is 12.8 Å². The molecule has 3 rings (SSSR count). The molecule has 0 spiro atoms. The van der Waals surface area contributed by atoms with E-state index in [1.165, 1.54) is 11.3 Å². The van der Waals surface area contributed by atoms with Crippen LogP contribution in [-0.2, 0) is 4.79 Å². The molecule has 1 aliphatic rings. The van der Waals surface area contributed by atoms with Gasteiger partial charge in [-0.05, 0) is 48.6 Å². The van der Waals surface area contributed by atoms with Crippen LogP contribution < -0.4 is 10.6 Å². The number of carbonyl (C=O) groups excluding carboxylic acids is 3. The number of rotatable bonds is 4. The van der Waals surface area contributed by atoms with E-state index in [1.54, 1.807) is 42.2 Å². The molecule has 136 valence electrons. The van der Waals surface area contributed by atoms with Crippen molar-refractivity contribution in [2.24, 2.45) is 0 Å². The van der Waals surface area contributed by atoms with E-state index in [1.807, 2.05) is 11.4 Å². The Morgan fingerprint density at radius 1 is 1.04 bits per heavy atom. The van der Waals surface area contributed by atoms with Crippen LogP contribution in [0.5, 0.6) is 0 Å². The molecular weight excluding hydrogens is 350 g/mol. The Labute approximate surface area is 156 Å². The molecule has 1 saturated heterocycles. The van der Waals surface area contributed by atoms with Crippen LogP contribution in [-0.4, -0.2) is 41.8 Å². The lowest BCUT2D eigenvalue weighted by Crippen LogP contribution is -2.45. The van der Waals surface area contributed by atoms with Gasteiger partial charge in [-0.1, -0.05) is 6.07 Å². The zero-order valence-corrected chi connectivity index (χ0v) is 15.3. The number of benzene rings is 1. The maximum absolute atomic E-state index is 12.4. The van der Waals surface area contributed by atoms with Crippen molar-refractivity contribution in [1.29, 1.82) is 0 Å². The van der Waals surface area contributed by atoms with E-state index in [0.29, 0.717) is 29.2 Å². The van der Waals surface area contributed by atoms with E-state index in [9.17, 15) is 14.4 Å². The summed E-state index contributed by atoms with van der Waals surface area (Å²) in [6.07, 6.45) is 1.53. The van der Waals surface area contributed by atoms with Crippen molar-refractivity contribution in [2.45, 2.75) is 25.8 Å². The average Bonchev–Trinajstić information content (AvgIpc) is 3.17. The second-order valence-corrected chi connectivity index (χ2v) is 7.21. The van der Waals surface area contributed by atoms with E-state index < -0.39 is 0 Å². The van der Waals surface area contributed by atoms with Crippen LogP contribution in [0.4, 0.5) is 5.69 Å². The fourth-order valence-electron chi connectivity index (χ4n) is 2.91. The number of thiophene rings is 1. The van der Waals surface area contributed by atoms with Gasteiger partial charge in [-0.3, -0.25) is 14.4 Å². The summed E-state index contributed by atoms with van der Waals surface area (Å²) in [5.74, 6) is -0.216. The molecule has 7 heteroatoms. The third-order valence-corrected chi connectivity index (χ3v) is 5.29. The molecule has 1 aromatic carbocycles. The second kappa shape index (κ2) is 8.14. The summed E-state index contributed by atoms with van der Waals surface area (Å²) >= 11 is 1.38. The summed E-state index contributed by atoms with van der Waals surface area (Å²) in [7, 11) is 0. The first-order valence-corrected chi connectivity index (χ1v) is 9.42. The number of hydrogen-bond donors (Lipinski definition) is 2. The monoisotopic (exact) mass is 371 g/mol. The molecule has 26 heavy (non-hydrogen) atoms. The minimum atomic E-state index is -0.158. The highest BCUT2D eigenvalue weighted by atomic mass is 32.1. The fraction of sp³-hybridized carbons (Fsp3) is 0.316. The third kappa shape index (κ3) is 4.49. The summed E-state index contributed by atoms with van der Waals surface area (Å²) in [5.41, 5.74) is 1.20. The lowest BCUT2D eigenvalue weighted by molar-refractivity contribution is -0.129. The third-order valence-electron chi connectivity index (χ3n) is 4.43. The van der Waals surface area contributed by atoms with Crippen LogP contribution >= 0.6 is 11.3 Å². The van der Waals surface area contributed by atoms with Crippen LogP contribution in [0.1, 0.15) is 39.8 Å². The van der Waals surface area contributed by atoms with Gasteiger partial charge in [0.15, 0.2) is 0 Å². The highest BCUT2D eigenvalue weighted by molar-refractivity contribution is 7.12. The quantitative estimate of drug-likeness (QED) is 0.867. The number of likely N-dealkylation sites (tertiary alicyclic amines) is 1. The van der Waals surface area contributed by atoms with Crippen LogP contribution in [0.2, 0.25) is 0 Å². The number of anilines is 1. The smallest absolute Gasteiger partial charge is 0.265 e. The Balaban J connectivity index is 1.52. The van der Waals surface area contributed by atoms with Gasteiger partial charge in [0.1, 0.15) is 0 Å². The maximum Gasteiger partial charge on any atom is 0.265 e. The van der Waals surface area contributed by atoms with Gasteiger partial charge in [0.05, 0.1) is 4.88 Å². The molecule has 2 aromatic rings. The van der Waals surface area contributed by atoms with E-state index >= 15 is 0 Å². The minimum absolute atomic E-state index is 0.0787. The summed E-state index contributed by atoms with van der Waals surface area (Å²) in [4.78, 5) is 38.2. The number of piperidine rings is 1. The molecule has 0 atom stereocenters. The molecule has 2 heterocycles. The number of nitrogens with one attached hydrogen (secondary N) is 2. The van der Waals surface area contributed by atoms with Crippen molar-refractivity contribution in [3.8, 4) is 0 Å². The van der Waals surface area contributed by atoms with Crippen molar-refractivity contribution in [3.05, 3.63) is 52.2 Å². The topological polar surface area (TPSA) is 78.5 Å². The molecule has 1 fully saturated rings. The fourth-order valence-corrected chi connectivity index (χ4v) is 3.53. The minimum Gasteiger partial charge on any atom is -0.349 e. The molecule has 1 aromatic heterocycles. The molecule has 6 nitrogen and oxygen atoms in total. The van der Waals surface area contributed by atoms with E-state index in [4.69, 9.17) is 0 Å². The highest BCUT2D eigenvalue weighted by Gasteiger charge is 2.22. The molecule has 0 aliphatic carbocycles. The van der Waals surface area contributed by atoms with Gasteiger partial charge in [-0.25, -0.2) is 0 Å². The maximum atomic E-state index is 12.4. The lowest BCUT2D eigenvalue weighted by Gasteiger charge is -2.31. The summed E-state index contributed by atoms with van der Waals surface area (Å²) in [5, 5.41) is 7.67. The first kappa shape index (κ1) is 18.1. The zero-order chi connectivity index (χ0) is 18.5. The van der Waals surface area contributed by atoms with Gasteiger partial charge in [0, 0.05) is 37.3 Å². The predicted molar refractivity (Wildman–Crippen MR) is 101 cm³/mol. The Morgan fingerprint density at radius 3 is 2.31 bits per heavy atom. The normalized spacial score (nSPS) is 14.7.